The second-order valence-corrected chi connectivity index (χ2v) is 7.28. The van der Waals surface area contributed by atoms with Gasteiger partial charge < -0.3 is 15.2 Å². The lowest BCUT2D eigenvalue weighted by Crippen LogP contribution is -3.14. The molecular formula is C20H25ClN3O3+. The number of carbonyl (C=O) groups is 3. The number of nitrogens with one attached hydrogen (secondary N) is 3. The summed E-state index contributed by atoms with van der Waals surface area (Å²) in [5, 5.41) is 3.38. The standard InChI is InChI=1S/C20H24ClN3O3/c1-11-18(14(4)25)12(2)22-19(11)20(27)13(3)24(5)10-17(26)23-16-8-6-15(21)7-9-16/h6-9,13,22H,10H2,1-5H3,(H,23,26)/p+1/t13-/m0/s1. The molecule has 2 rings (SSSR count). The number of halogens is 1. The number of rotatable bonds is 7. The number of carbonyl (C=O) groups excluding carboxylic acids is 3. The van der Waals surface area contributed by atoms with Crippen LogP contribution in [0.3, 0.4) is 0 Å². The van der Waals surface area contributed by atoms with Gasteiger partial charge in [0.15, 0.2) is 18.4 Å². The number of anilines is 1. The van der Waals surface area contributed by atoms with Crippen LogP contribution in [0.25, 0.3) is 0 Å². The molecular weight excluding hydrogens is 366 g/mol. The summed E-state index contributed by atoms with van der Waals surface area (Å²) in [6, 6.07) is 6.39. The zero-order valence-electron chi connectivity index (χ0n) is 16.2. The van der Waals surface area contributed by atoms with E-state index in [0.29, 0.717) is 33.2 Å². The van der Waals surface area contributed by atoms with Crippen LogP contribution in [0.1, 0.15) is 46.0 Å². The van der Waals surface area contributed by atoms with Crippen molar-refractivity contribution in [1.82, 2.24) is 4.98 Å². The third kappa shape index (κ3) is 4.84. The van der Waals surface area contributed by atoms with Gasteiger partial charge in [-0.1, -0.05) is 11.6 Å². The van der Waals surface area contributed by atoms with Gasteiger partial charge >= 0.3 is 0 Å². The highest BCUT2D eigenvalue weighted by Crippen LogP contribution is 2.19. The number of aryl methyl sites for hydroxylation is 1. The minimum absolute atomic E-state index is 0.0732. The lowest BCUT2D eigenvalue weighted by Gasteiger charge is -2.20. The van der Waals surface area contributed by atoms with Crippen molar-refractivity contribution in [3.8, 4) is 0 Å². The van der Waals surface area contributed by atoms with Crippen LogP contribution in [-0.4, -0.2) is 42.1 Å². The maximum absolute atomic E-state index is 12.9. The minimum Gasteiger partial charge on any atom is -0.355 e. The number of hydrogen-bond acceptors (Lipinski definition) is 3. The molecule has 0 fully saturated rings. The molecule has 27 heavy (non-hydrogen) atoms. The van der Waals surface area contributed by atoms with E-state index in [4.69, 9.17) is 11.6 Å². The van der Waals surface area contributed by atoms with Gasteiger partial charge in [0.05, 0.1) is 12.7 Å². The molecule has 7 heteroatoms. The monoisotopic (exact) mass is 390 g/mol. The quantitative estimate of drug-likeness (QED) is 0.634. The molecule has 2 aromatic rings. The summed E-state index contributed by atoms with van der Waals surface area (Å²) in [6.07, 6.45) is 0. The second kappa shape index (κ2) is 8.50. The maximum atomic E-state index is 12.9. The molecule has 0 spiro atoms. The summed E-state index contributed by atoms with van der Waals surface area (Å²) < 4.78 is 0. The number of H-pyrrole nitrogens is 1. The van der Waals surface area contributed by atoms with E-state index in [0.717, 1.165) is 4.90 Å². The predicted molar refractivity (Wildman–Crippen MR) is 106 cm³/mol. The van der Waals surface area contributed by atoms with Crippen molar-refractivity contribution in [2.24, 2.45) is 0 Å². The summed E-state index contributed by atoms with van der Waals surface area (Å²) >= 11 is 5.83. The summed E-state index contributed by atoms with van der Waals surface area (Å²) in [7, 11) is 1.79. The molecule has 0 aliphatic heterocycles. The molecule has 144 valence electrons. The van der Waals surface area contributed by atoms with Crippen LogP contribution in [0, 0.1) is 13.8 Å². The first-order valence-electron chi connectivity index (χ1n) is 8.73. The van der Waals surface area contributed by atoms with Gasteiger partial charge in [0.25, 0.3) is 5.91 Å². The largest absolute Gasteiger partial charge is 0.355 e. The Kier molecular flexibility index (Phi) is 6.57. The zero-order chi connectivity index (χ0) is 20.3. The number of ketones is 2. The summed E-state index contributed by atoms with van der Waals surface area (Å²) in [5.74, 6) is -0.394. The molecule has 6 nitrogen and oxygen atoms in total. The van der Waals surface area contributed by atoms with Gasteiger partial charge in [-0.25, -0.2) is 0 Å². The van der Waals surface area contributed by atoms with Crippen LogP contribution in [0.15, 0.2) is 24.3 Å². The number of quaternary nitrogens is 1. The molecule has 1 unspecified atom stereocenters. The van der Waals surface area contributed by atoms with E-state index >= 15 is 0 Å². The number of hydrogen-bond donors (Lipinski definition) is 3. The highest BCUT2D eigenvalue weighted by Gasteiger charge is 2.29. The summed E-state index contributed by atoms with van der Waals surface area (Å²) in [6.45, 7) is 6.94. The maximum Gasteiger partial charge on any atom is 0.279 e. The molecule has 1 aromatic carbocycles. The van der Waals surface area contributed by atoms with E-state index in [1.807, 2.05) is 0 Å². The molecule has 0 bridgehead atoms. The van der Waals surface area contributed by atoms with Gasteiger partial charge in [-0.3, -0.25) is 14.4 Å². The number of Topliss-reactive ketones (excluding diaryl/α,β-unsaturated/α-hetero) is 2. The number of aromatic amines is 1. The third-order valence-electron chi connectivity index (χ3n) is 4.74. The van der Waals surface area contributed by atoms with Crippen molar-refractivity contribution in [1.29, 1.82) is 0 Å². The Morgan fingerprint density at radius 3 is 2.30 bits per heavy atom. The topological polar surface area (TPSA) is 83.5 Å². The van der Waals surface area contributed by atoms with Crippen molar-refractivity contribution in [2.75, 3.05) is 18.9 Å². The van der Waals surface area contributed by atoms with Gasteiger partial charge in [-0.15, -0.1) is 0 Å². The van der Waals surface area contributed by atoms with Crippen LogP contribution in [0.2, 0.25) is 5.02 Å². The first-order valence-corrected chi connectivity index (χ1v) is 9.11. The van der Waals surface area contributed by atoms with E-state index in [2.05, 4.69) is 10.3 Å². The molecule has 0 radical (unpaired) electrons. The number of aromatic nitrogens is 1. The van der Waals surface area contributed by atoms with Crippen LogP contribution >= 0.6 is 11.6 Å². The Morgan fingerprint density at radius 2 is 1.78 bits per heavy atom. The van der Waals surface area contributed by atoms with Crippen LogP contribution in [0.4, 0.5) is 5.69 Å². The molecule has 1 heterocycles. The number of likely N-dealkylation sites (N-methyl/N-ethyl adjacent to an activating group) is 1. The predicted octanol–water partition coefficient (Wildman–Crippen LogP) is 2.21. The third-order valence-corrected chi connectivity index (χ3v) is 4.99. The first-order chi connectivity index (χ1) is 12.6. The van der Waals surface area contributed by atoms with E-state index in [9.17, 15) is 14.4 Å². The van der Waals surface area contributed by atoms with Gasteiger partial charge in [-0.2, -0.15) is 0 Å². The fraction of sp³-hybridized carbons (Fsp3) is 0.350. The molecule has 0 saturated carbocycles. The summed E-state index contributed by atoms with van der Waals surface area (Å²) in [4.78, 5) is 40.7. The van der Waals surface area contributed by atoms with E-state index < -0.39 is 6.04 Å². The Bertz CT molecular complexity index is 871. The second-order valence-electron chi connectivity index (χ2n) is 6.85. The van der Waals surface area contributed by atoms with Gasteiger partial charge in [0, 0.05) is 22.0 Å². The van der Waals surface area contributed by atoms with Gasteiger partial charge in [0.1, 0.15) is 0 Å². The van der Waals surface area contributed by atoms with E-state index in [1.54, 1.807) is 52.1 Å². The molecule has 2 atom stereocenters. The van der Waals surface area contributed by atoms with Crippen molar-refractivity contribution < 1.29 is 19.3 Å². The van der Waals surface area contributed by atoms with E-state index in [1.165, 1.54) is 6.92 Å². The van der Waals surface area contributed by atoms with Crippen molar-refractivity contribution in [2.45, 2.75) is 33.7 Å². The molecule has 1 aromatic heterocycles. The Labute approximate surface area is 163 Å². The minimum atomic E-state index is -0.447. The Hall–Kier alpha value is -2.44. The molecule has 0 saturated heterocycles. The normalized spacial score (nSPS) is 13.1. The van der Waals surface area contributed by atoms with E-state index in [-0.39, 0.29) is 24.0 Å². The molecule has 3 N–H and O–H groups in total. The van der Waals surface area contributed by atoms with Crippen molar-refractivity contribution >= 4 is 34.8 Å². The fourth-order valence-corrected chi connectivity index (χ4v) is 3.24. The zero-order valence-corrected chi connectivity index (χ0v) is 17.0. The van der Waals surface area contributed by atoms with Gasteiger partial charge in [-0.05, 0) is 57.5 Å². The van der Waals surface area contributed by atoms with Crippen molar-refractivity contribution in [3.05, 3.63) is 51.8 Å². The average Bonchev–Trinajstić information content (AvgIpc) is 2.90. The SMILES string of the molecule is CC(=O)c1c(C)[nH]c(C(=O)[C@H](C)[NH+](C)CC(=O)Nc2ccc(Cl)cc2)c1C. The highest BCUT2D eigenvalue weighted by atomic mass is 35.5. The lowest BCUT2D eigenvalue weighted by molar-refractivity contribution is -0.885. The van der Waals surface area contributed by atoms with Crippen LogP contribution < -0.4 is 10.2 Å². The Balaban J connectivity index is 2.06. The molecule has 0 aliphatic rings. The van der Waals surface area contributed by atoms with Crippen LogP contribution in [-0.2, 0) is 4.79 Å². The molecule has 1 amide bonds. The van der Waals surface area contributed by atoms with Crippen LogP contribution in [0.5, 0.6) is 0 Å². The first kappa shape index (κ1) is 20.9. The summed E-state index contributed by atoms with van der Waals surface area (Å²) in [5.41, 5.74) is 2.99. The van der Waals surface area contributed by atoms with Gasteiger partial charge in [0.2, 0.25) is 5.78 Å². The van der Waals surface area contributed by atoms with Crippen molar-refractivity contribution in [3.63, 3.8) is 0 Å². The Morgan fingerprint density at radius 1 is 1.19 bits per heavy atom. The highest BCUT2D eigenvalue weighted by molar-refractivity contribution is 6.30. The smallest absolute Gasteiger partial charge is 0.279 e. The average molecular weight is 391 g/mol. The number of benzene rings is 1. The fourth-order valence-electron chi connectivity index (χ4n) is 3.11. The number of amides is 1. The molecule has 0 aliphatic carbocycles. The lowest BCUT2D eigenvalue weighted by atomic mass is 10.0.